The average molecular weight is 407 g/mol. The summed E-state index contributed by atoms with van der Waals surface area (Å²) in [6, 6.07) is 10.5. The molecule has 2 amide bonds. The number of rotatable bonds is 6. The molecule has 2 aromatic carbocycles. The highest BCUT2D eigenvalue weighted by molar-refractivity contribution is 6.35. The third-order valence-corrected chi connectivity index (χ3v) is 4.99. The second-order valence-electron chi connectivity index (χ2n) is 6.72. The summed E-state index contributed by atoms with van der Waals surface area (Å²) in [5, 5.41) is 3.60. The number of amides is 2. The first kappa shape index (κ1) is 21.3. The maximum atomic E-state index is 13.1. The van der Waals surface area contributed by atoms with E-state index in [0.29, 0.717) is 10.0 Å². The number of carbonyl (C=O) groups is 2. The van der Waals surface area contributed by atoms with Crippen molar-refractivity contribution in [1.29, 1.82) is 0 Å². The molecule has 0 spiro atoms. The van der Waals surface area contributed by atoms with Crippen molar-refractivity contribution < 1.29 is 9.59 Å². The van der Waals surface area contributed by atoms with Gasteiger partial charge in [0.25, 0.3) is 0 Å². The van der Waals surface area contributed by atoms with E-state index in [9.17, 15) is 9.59 Å². The van der Waals surface area contributed by atoms with Gasteiger partial charge in [-0.15, -0.1) is 0 Å². The number of hydrogen-bond acceptors (Lipinski definition) is 2. The summed E-state index contributed by atoms with van der Waals surface area (Å²) in [4.78, 5) is 26.8. The predicted molar refractivity (Wildman–Crippen MR) is 110 cm³/mol. The minimum Gasteiger partial charge on any atom is -0.357 e. The van der Waals surface area contributed by atoms with E-state index in [1.165, 1.54) is 0 Å². The molecule has 0 unspecified atom stereocenters. The van der Waals surface area contributed by atoms with E-state index in [4.69, 9.17) is 23.2 Å². The van der Waals surface area contributed by atoms with Crippen molar-refractivity contribution in [2.24, 2.45) is 0 Å². The number of nitrogens with one attached hydrogen (secondary N) is 1. The summed E-state index contributed by atoms with van der Waals surface area (Å²) >= 11 is 12.2. The van der Waals surface area contributed by atoms with Crippen LogP contribution in [0.5, 0.6) is 0 Å². The average Bonchev–Trinajstić information content (AvgIpc) is 2.58. The van der Waals surface area contributed by atoms with Crippen molar-refractivity contribution in [3.8, 4) is 0 Å². The van der Waals surface area contributed by atoms with Gasteiger partial charge >= 0.3 is 0 Å². The molecule has 0 bridgehead atoms. The fraction of sp³-hybridized carbons (Fsp3) is 0.333. The van der Waals surface area contributed by atoms with Crippen LogP contribution in [0.3, 0.4) is 0 Å². The van der Waals surface area contributed by atoms with E-state index in [-0.39, 0.29) is 24.8 Å². The first-order chi connectivity index (χ1) is 12.7. The van der Waals surface area contributed by atoms with Crippen molar-refractivity contribution in [2.75, 3.05) is 7.05 Å². The Morgan fingerprint density at radius 2 is 1.70 bits per heavy atom. The maximum Gasteiger partial charge on any atom is 0.242 e. The molecule has 1 N–H and O–H groups in total. The van der Waals surface area contributed by atoms with E-state index in [1.807, 2.05) is 26.0 Å². The zero-order valence-corrected chi connectivity index (χ0v) is 17.5. The Bertz CT molecular complexity index is 832. The molecule has 6 heteroatoms. The number of halogens is 2. The van der Waals surface area contributed by atoms with E-state index < -0.39 is 6.04 Å². The predicted octanol–water partition coefficient (Wildman–Crippen LogP) is 4.32. The van der Waals surface area contributed by atoms with Gasteiger partial charge in [-0.1, -0.05) is 58.6 Å². The SMILES string of the molecule is CNC(=O)[C@H](C)N(Cc1ccc(Cl)cc1Cl)C(=O)Cc1cc(C)cc(C)c1. The quantitative estimate of drug-likeness (QED) is 0.776. The van der Waals surface area contributed by atoms with Gasteiger partial charge in [0.05, 0.1) is 6.42 Å². The molecule has 0 radical (unpaired) electrons. The highest BCUT2D eigenvalue weighted by atomic mass is 35.5. The molecular weight excluding hydrogens is 383 g/mol. The third-order valence-electron chi connectivity index (χ3n) is 4.41. The van der Waals surface area contributed by atoms with Crippen LogP contribution in [0.25, 0.3) is 0 Å². The number of aryl methyl sites for hydroxylation is 2. The summed E-state index contributed by atoms with van der Waals surface area (Å²) in [6.07, 6.45) is 0.217. The highest BCUT2D eigenvalue weighted by Gasteiger charge is 2.26. The van der Waals surface area contributed by atoms with Crippen LogP contribution in [0.1, 0.15) is 29.2 Å². The van der Waals surface area contributed by atoms with Crippen LogP contribution >= 0.6 is 23.2 Å². The molecule has 0 heterocycles. The van der Waals surface area contributed by atoms with Crippen LogP contribution in [-0.2, 0) is 22.6 Å². The second-order valence-corrected chi connectivity index (χ2v) is 7.56. The molecule has 2 rings (SSSR count). The van der Waals surface area contributed by atoms with Gasteiger partial charge in [0.15, 0.2) is 0 Å². The molecule has 0 aliphatic carbocycles. The lowest BCUT2D eigenvalue weighted by atomic mass is 10.0. The molecule has 0 saturated heterocycles. The first-order valence-corrected chi connectivity index (χ1v) is 9.49. The molecule has 0 fully saturated rings. The maximum absolute atomic E-state index is 13.1. The molecule has 2 aromatic rings. The topological polar surface area (TPSA) is 49.4 Å². The fourth-order valence-corrected chi connectivity index (χ4v) is 3.54. The van der Waals surface area contributed by atoms with Crippen LogP contribution in [-0.4, -0.2) is 29.8 Å². The minimum absolute atomic E-state index is 0.137. The normalized spacial score (nSPS) is 11.8. The lowest BCUT2D eigenvalue weighted by molar-refractivity contribution is -0.139. The van der Waals surface area contributed by atoms with Gasteiger partial charge in [-0.05, 0) is 44.0 Å². The molecule has 0 aliphatic heterocycles. The molecule has 0 aliphatic rings. The van der Waals surface area contributed by atoms with Gasteiger partial charge in [0.2, 0.25) is 11.8 Å². The van der Waals surface area contributed by atoms with Gasteiger partial charge < -0.3 is 10.2 Å². The Morgan fingerprint density at radius 1 is 1.07 bits per heavy atom. The first-order valence-electron chi connectivity index (χ1n) is 8.73. The zero-order chi connectivity index (χ0) is 20.1. The van der Waals surface area contributed by atoms with E-state index in [2.05, 4.69) is 11.4 Å². The largest absolute Gasteiger partial charge is 0.357 e. The Hall–Kier alpha value is -2.04. The Labute approximate surface area is 170 Å². The molecule has 27 heavy (non-hydrogen) atoms. The van der Waals surface area contributed by atoms with Crippen LogP contribution in [0.2, 0.25) is 10.0 Å². The van der Waals surface area contributed by atoms with Crippen molar-refractivity contribution in [1.82, 2.24) is 10.2 Å². The second kappa shape index (κ2) is 9.25. The van der Waals surface area contributed by atoms with Gasteiger partial charge in [0.1, 0.15) is 6.04 Å². The smallest absolute Gasteiger partial charge is 0.242 e. The molecule has 144 valence electrons. The lowest BCUT2D eigenvalue weighted by Gasteiger charge is -2.29. The molecule has 0 saturated carbocycles. The number of benzene rings is 2. The molecule has 1 atom stereocenters. The Morgan fingerprint density at radius 3 is 2.26 bits per heavy atom. The summed E-state index contributed by atoms with van der Waals surface area (Å²) in [6.45, 7) is 5.94. The summed E-state index contributed by atoms with van der Waals surface area (Å²) in [7, 11) is 1.56. The fourth-order valence-electron chi connectivity index (χ4n) is 3.07. The minimum atomic E-state index is -0.625. The van der Waals surface area contributed by atoms with Crippen molar-refractivity contribution in [3.63, 3.8) is 0 Å². The molecule has 0 aromatic heterocycles. The van der Waals surface area contributed by atoms with E-state index >= 15 is 0 Å². The third kappa shape index (κ3) is 5.72. The number of likely N-dealkylation sites (N-methyl/N-ethyl adjacent to an activating group) is 1. The lowest BCUT2D eigenvalue weighted by Crippen LogP contribution is -2.47. The summed E-state index contributed by atoms with van der Waals surface area (Å²) in [5.74, 6) is -0.365. The number of nitrogens with zero attached hydrogens (tertiary/aromatic N) is 1. The van der Waals surface area contributed by atoms with Crippen LogP contribution in [0, 0.1) is 13.8 Å². The van der Waals surface area contributed by atoms with Crippen LogP contribution in [0.15, 0.2) is 36.4 Å². The van der Waals surface area contributed by atoms with Crippen molar-refractivity contribution in [3.05, 3.63) is 68.7 Å². The number of hydrogen-bond donors (Lipinski definition) is 1. The summed E-state index contributed by atoms with van der Waals surface area (Å²) in [5.41, 5.74) is 3.87. The number of carbonyl (C=O) groups excluding carboxylic acids is 2. The van der Waals surface area contributed by atoms with Gasteiger partial charge in [-0.2, -0.15) is 0 Å². The van der Waals surface area contributed by atoms with Crippen molar-refractivity contribution >= 4 is 35.0 Å². The molecule has 4 nitrogen and oxygen atoms in total. The van der Waals surface area contributed by atoms with E-state index in [1.54, 1.807) is 37.1 Å². The zero-order valence-electron chi connectivity index (χ0n) is 16.0. The Kier molecular flexibility index (Phi) is 7.28. The van der Waals surface area contributed by atoms with Crippen LogP contribution in [0.4, 0.5) is 0 Å². The van der Waals surface area contributed by atoms with Crippen LogP contribution < -0.4 is 5.32 Å². The summed E-state index contributed by atoms with van der Waals surface area (Å²) < 4.78 is 0. The highest BCUT2D eigenvalue weighted by Crippen LogP contribution is 2.23. The standard InChI is InChI=1S/C21H24Cl2N2O2/c1-13-7-14(2)9-16(8-13)10-20(26)25(15(3)21(27)24-4)12-17-5-6-18(22)11-19(17)23/h5-9,11,15H,10,12H2,1-4H3,(H,24,27)/t15-/m0/s1. The van der Waals surface area contributed by atoms with Gasteiger partial charge in [-0.25, -0.2) is 0 Å². The molecular formula is C21H24Cl2N2O2. The monoisotopic (exact) mass is 406 g/mol. The Balaban J connectivity index is 2.30. The van der Waals surface area contributed by atoms with Gasteiger partial charge in [0, 0.05) is 23.6 Å². The van der Waals surface area contributed by atoms with Gasteiger partial charge in [-0.3, -0.25) is 9.59 Å². The van der Waals surface area contributed by atoms with Crippen molar-refractivity contribution in [2.45, 2.75) is 39.8 Å². The van der Waals surface area contributed by atoms with E-state index in [0.717, 1.165) is 22.3 Å².